The minimum absolute atomic E-state index is 0.0345. The van der Waals surface area contributed by atoms with Crippen LogP contribution in [0.25, 0.3) is 0 Å². The first-order chi connectivity index (χ1) is 13.8. The summed E-state index contributed by atoms with van der Waals surface area (Å²) in [7, 11) is 0. The normalized spacial score (nSPS) is 28.8. The van der Waals surface area contributed by atoms with Crippen molar-refractivity contribution in [3.8, 4) is 0 Å². The van der Waals surface area contributed by atoms with E-state index in [1.807, 2.05) is 65.6 Å². The van der Waals surface area contributed by atoms with Gasteiger partial charge in [0.15, 0.2) is 11.9 Å². The van der Waals surface area contributed by atoms with E-state index >= 15 is 0 Å². The van der Waals surface area contributed by atoms with Crippen LogP contribution in [-0.2, 0) is 19.8 Å². The molecule has 5 heteroatoms. The fourth-order valence-electron chi connectivity index (χ4n) is 4.82. The van der Waals surface area contributed by atoms with Crippen molar-refractivity contribution in [1.82, 2.24) is 4.90 Å². The third-order valence-electron chi connectivity index (χ3n) is 6.10. The van der Waals surface area contributed by atoms with E-state index in [1.165, 1.54) is 0 Å². The summed E-state index contributed by atoms with van der Waals surface area (Å²) >= 11 is 0. The predicted molar refractivity (Wildman–Crippen MR) is 104 cm³/mol. The van der Waals surface area contributed by atoms with E-state index in [2.05, 4.69) is 0 Å². The smallest absolute Gasteiger partial charge is 0.411 e. The number of amides is 1. The molecule has 3 aliphatic rings. The van der Waals surface area contributed by atoms with Crippen LogP contribution >= 0.6 is 0 Å². The fourth-order valence-corrected chi connectivity index (χ4v) is 4.82. The summed E-state index contributed by atoms with van der Waals surface area (Å²) in [6.45, 7) is 1.30. The molecule has 2 aromatic carbocycles. The maximum absolute atomic E-state index is 12.9. The first-order valence-corrected chi connectivity index (χ1v) is 10.1. The summed E-state index contributed by atoms with van der Waals surface area (Å²) in [6, 6.07) is 20.0. The predicted octanol–water partition coefficient (Wildman–Crippen LogP) is 4.07. The first kappa shape index (κ1) is 17.7. The third-order valence-corrected chi connectivity index (χ3v) is 6.10. The van der Waals surface area contributed by atoms with Gasteiger partial charge in [-0.25, -0.2) is 4.79 Å². The number of benzene rings is 2. The second-order valence-electron chi connectivity index (χ2n) is 7.79. The Morgan fingerprint density at radius 3 is 2.25 bits per heavy atom. The van der Waals surface area contributed by atoms with Crippen molar-refractivity contribution >= 4 is 6.09 Å². The second kappa shape index (κ2) is 7.22. The van der Waals surface area contributed by atoms with Gasteiger partial charge >= 0.3 is 6.09 Å². The van der Waals surface area contributed by atoms with Gasteiger partial charge in [0.25, 0.3) is 0 Å². The van der Waals surface area contributed by atoms with Crippen LogP contribution in [0.3, 0.4) is 0 Å². The van der Waals surface area contributed by atoms with Crippen LogP contribution < -0.4 is 0 Å². The zero-order valence-corrected chi connectivity index (χ0v) is 15.8. The Morgan fingerprint density at radius 2 is 1.64 bits per heavy atom. The minimum atomic E-state index is -0.814. The van der Waals surface area contributed by atoms with Crippen molar-refractivity contribution in [1.29, 1.82) is 0 Å². The number of hydrogen-bond donors (Lipinski definition) is 0. The van der Waals surface area contributed by atoms with Gasteiger partial charge in [0.1, 0.15) is 0 Å². The number of hydrogen-bond acceptors (Lipinski definition) is 4. The van der Waals surface area contributed by atoms with Crippen molar-refractivity contribution in [2.75, 3.05) is 13.2 Å². The lowest BCUT2D eigenvalue weighted by atomic mass is 9.79. The number of carbonyl (C=O) groups is 1. The molecule has 0 spiro atoms. The van der Waals surface area contributed by atoms with Gasteiger partial charge in [-0.2, -0.15) is 0 Å². The molecule has 3 aliphatic heterocycles. The lowest BCUT2D eigenvalue weighted by molar-refractivity contribution is -0.185. The van der Waals surface area contributed by atoms with Gasteiger partial charge in [-0.3, -0.25) is 4.90 Å². The van der Waals surface area contributed by atoms with Crippen LogP contribution in [0.15, 0.2) is 60.7 Å². The van der Waals surface area contributed by atoms with E-state index in [4.69, 9.17) is 14.2 Å². The average molecular weight is 379 g/mol. The topological polar surface area (TPSA) is 48.0 Å². The van der Waals surface area contributed by atoms with Crippen LogP contribution in [-0.4, -0.2) is 42.6 Å². The molecule has 5 rings (SSSR count). The molecular formula is C23H25NO4. The number of fused-ring (bicyclic) bond motifs is 1. The third kappa shape index (κ3) is 2.90. The quantitative estimate of drug-likeness (QED) is 0.804. The van der Waals surface area contributed by atoms with E-state index in [-0.39, 0.29) is 24.5 Å². The summed E-state index contributed by atoms with van der Waals surface area (Å²) in [5, 5.41) is 0. The monoisotopic (exact) mass is 379 g/mol. The second-order valence-corrected chi connectivity index (χ2v) is 7.79. The van der Waals surface area contributed by atoms with Gasteiger partial charge in [0.05, 0.1) is 18.7 Å². The molecule has 0 aliphatic carbocycles. The molecule has 2 aromatic rings. The van der Waals surface area contributed by atoms with Crippen LogP contribution in [0.2, 0.25) is 0 Å². The molecule has 3 saturated heterocycles. The Kier molecular flexibility index (Phi) is 4.57. The fraction of sp³-hybridized carbons (Fsp3) is 0.435. The van der Waals surface area contributed by atoms with Gasteiger partial charge in [-0.05, 0) is 19.3 Å². The number of ether oxygens (including phenoxy) is 3. The summed E-state index contributed by atoms with van der Waals surface area (Å²) in [5.41, 5.74) is 1.18. The Labute approximate surface area is 165 Å². The molecular weight excluding hydrogens is 354 g/mol. The molecule has 28 heavy (non-hydrogen) atoms. The highest BCUT2D eigenvalue weighted by molar-refractivity contribution is 5.74. The standard InChI is InChI=1S/C23H25NO4/c25-22-24-16-19(27-21-13-7-8-14-26-21)15-20(24)23(28-22,17-9-3-1-4-10-17)18-11-5-2-6-12-18/h1-6,9-12,19-21H,7-8,13-16H2/t19-,20+,21?/m1/s1. The highest BCUT2D eigenvalue weighted by Gasteiger charge is 2.60. The van der Waals surface area contributed by atoms with Crippen LogP contribution in [0, 0.1) is 0 Å². The average Bonchev–Trinajstić information content (AvgIpc) is 3.29. The lowest BCUT2D eigenvalue weighted by Crippen LogP contribution is -2.41. The molecule has 3 fully saturated rings. The van der Waals surface area contributed by atoms with Crippen molar-refractivity contribution in [2.24, 2.45) is 0 Å². The molecule has 0 saturated carbocycles. The summed E-state index contributed by atoms with van der Waals surface area (Å²) in [4.78, 5) is 14.7. The highest BCUT2D eigenvalue weighted by atomic mass is 16.7. The Morgan fingerprint density at radius 1 is 0.964 bits per heavy atom. The molecule has 0 N–H and O–H groups in total. The Bertz CT molecular complexity index is 780. The van der Waals surface area contributed by atoms with Crippen LogP contribution in [0.4, 0.5) is 4.79 Å². The Hall–Kier alpha value is -2.37. The number of carbonyl (C=O) groups excluding carboxylic acids is 1. The molecule has 0 radical (unpaired) electrons. The van der Waals surface area contributed by atoms with E-state index in [9.17, 15) is 4.79 Å². The van der Waals surface area contributed by atoms with E-state index in [0.717, 1.165) is 43.4 Å². The number of cyclic esters (lactones) is 1. The molecule has 146 valence electrons. The maximum Gasteiger partial charge on any atom is 0.411 e. The van der Waals surface area contributed by atoms with Gasteiger partial charge in [-0.1, -0.05) is 60.7 Å². The zero-order chi connectivity index (χ0) is 19.0. The van der Waals surface area contributed by atoms with Crippen molar-refractivity contribution in [3.05, 3.63) is 71.8 Å². The first-order valence-electron chi connectivity index (χ1n) is 10.1. The van der Waals surface area contributed by atoms with Crippen LogP contribution in [0.5, 0.6) is 0 Å². The molecule has 3 atom stereocenters. The SMILES string of the molecule is O=C1OC(c2ccccc2)(c2ccccc2)[C@@H]2C[C@@H](OC3CCCCO3)CN12. The molecule has 0 aromatic heterocycles. The molecule has 0 bridgehead atoms. The van der Waals surface area contributed by atoms with Crippen molar-refractivity contribution < 1.29 is 19.0 Å². The lowest BCUT2D eigenvalue weighted by Gasteiger charge is -2.33. The molecule has 5 nitrogen and oxygen atoms in total. The van der Waals surface area contributed by atoms with Gasteiger partial charge < -0.3 is 14.2 Å². The minimum Gasteiger partial charge on any atom is -0.431 e. The van der Waals surface area contributed by atoms with Gasteiger partial charge in [0, 0.05) is 24.2 Å². The van der Waals surface area contributed by atoms with Crippen molar-refractivity contribution in [3.63, 3.8) is 0 Å². The van der Waals surface area contributed by atoms with Crippen molar-refractivity contribution in [2.45, 2.75) is 49.7 Å². The summed E-state index contributed by atoms with van der Waals surface area (Å²) < 4.78 is 18.1. The summed E-state index contributed by atoms with van der Waals surface area (Å²) in [6.07, 6.45) is 3.42. The molecule has 1 amide bonds. The maximum atomic E-state index is 12.9. The molecule has 3 heterocycles. The number of rotatable bonds is 4. The zero-order valence-electron chi connectivity index (χ0n) is 15.8. The van der Waals surface area contributed by atoms with E-state index < -0.39 is 5.60 Å². The van der Waals surface area contributed by atoms with E-state index in [0.29, 0.717) is 6.54 Å². The number of nitrogens with zero attached hydrogens (tertiary/aromatic N) is 1. The van der Waals surface area contributed by atoms with E-state index in [1.54, 1.807) is 0 Å². The highest BCUT2D eigenvalue weighted by Crippen LogP contribution is 2.49. The largest absolute Gasteiger partial charge is 0.431 e. The van der Waals surface area contributed by atoms with Gasteiger partial charge in [-0.15, -0.1) is 0 Å². The molecule has 1 unspecified atom stereocenters. The van der Waals surface area contributed by atoms with Gasteiger partial charge in [0.2, 0.25) is 0 Å². The Balaban J connectivity index is 1.49. The van der Waals surface area contributed by atoms with Crippen LogP contribution in [0.1, 0.15) is 36.8 Å². The summed E-state index contributed by atoms with van der Waals surface area (Å²) in [5.74, 6) is 0.